The van der Waals surface area contributed by atoms with Gasteiger partial charge >= 0.3 is 0 Å². The molecule has 2 atom stereocenters. The third-order valence-electron chi connectivity index (χ3n) is 5.69. The Balaban J connectivity index is 1.75. The summed E-state index contributed by atoms with van der Waals surface area (Å²) in [5.41, 5.74) is 2.95. The lowest BCUT2D eigenvalue weighted by Gasteiger charge is -2.35. The van der Waals surface area contributed by atoms with Gasteiger partial charge in [-0.15, -0.1) is 0 Å². The molecule has 5 nitrogen and oxygen atoms in total. The van der Waals surface area contributed by atoms with Crippen LogP contribution in [0.2, 0.25) is 0 Å². The van der Waals surface area contributed by atoms with Crippen molar-refractivity contribution in [2.45, 2.75) is 31.1 Å². The first-order valence-corrected chi connectivity index (χ1v) is 9.54. The quantitative estimate of drug-likeness (QED) is 0.854. The smallest absolute Gasteiger partial charge is 0.225 e. The number of methoxy groups -OCH3 is 2. The molecule has 1 N–H and O–H groups in total. The maximum atomic E-state index is 13.3. The van der Waals surface area contributed by atoms with E-state index in [2.05, 4.69) is 5.32 Å². The zero-order chi connectivity index (χ0) is 20.5. The number of Topliss-reactive ketones (excluding diaryl/α,β-unsaturated/α-hetero) is 1. The van der Waals surface area contributed by atoms with E-state index < -0.39 is 0 Å². The largest absolute Gasteiger partial charge is 0.493 e. The number of allylic oxidation sites excluding steroid dienone is 2. The summed E-state index contributed by atoms with van der Waals surface area (Å²) >= 11 is 0. The highest BCUT2D eigenvalue weighted by molar-refractivity contribution is 6.02. The Labute approximate surface area is 168 Å². The van der Waals surface area contributed by atoms with Crippen molar-refractivity contribution in [3.63, 3.8) is 0 Å². The van der Waals surface area contributed by atoms with Crippen LogP contribution in [0.1, 0.15) is 42.2 Å². The van der Waals surface area contributed by atoms with Crippen molar-refractivity contribution in [3.05, 3.63) is 70.7 Å². The Hall–Kier alpha value is -3.15. The first-order chi connectivity index (χ1) is 14.0. The second-order valence-corrected chi connectivity index (χ2v) is 7.36. The van der Waals surface area contributed by atoms with Gasteiger partial charge in [0.05, 0.1) is 14.2 Å². The number of ether oxygens (including phenoxy) is 2. The van der Waals surface area contributed by atoms with Crippen LogP contribution in [0, 0.1) is 5.82 Å². The third-order valence-corrected chi connectivity index (χ3v) is 5.69. The van der Waals surface area contributed by atoms with Gasteiger partial charge in [-0.3, -0.25) is 9.59 Å². The molecule has 0 radical (unpaired) electrons. The number of para-hydroxylation sites is 1. The van der Waals surface area contributed by atoms with Gasteiger partial charge in [0.15, 0.2) is 17.3 Å². The fraction of sp³-hybridized carbons (Fsp3) is 0.304. The lowest BCUT2D eigenvalue weighted by Crippen LogP contribution is -2.38. The fourth-order valence-corrected chi connectivity index (χ4v) is 4.38. The van der Waals surface area contributed by atoms with Crippen LogP contribution in [0.5, 0.6) is 11.5 Å². The van der Waals surface area contributed by atoms with Crippen molar-refractivity contribution < 1.29 is 23.5 Å². The molecule has 0 fully saturated rings. The van der Waals surface area contributed by atoms with Crippen LogP contribution in [-0.4, -0.2) is 25.9 Å². The highest BCUT2D eigenvalue weighted by Crippen LogP contribution is 2.46. The second-order valence-electron chi connectivity index (χ2n) is 7.36. The van der Waals surface area contributed by atoms with Crippen molar-refractivity contribution in [2.24, 2.45) is 0 Å². The summed E-state index contributed by atoms with van der Waals surface area (Å²) < 4.78 is 24.2. The number of carbonyl (C=O) groups is 2. The van der Waals surface area contributed by atoms with E-state index in [1.54, 1.807) is 32.4 Å². The van der Waals surface area contributed by atoms with Crippen LogP contribution in [0.15, 0.2) is 53.7 Å². The number of carbonyl (C=O) groups excluding carboxylic acids is 2. The molecule has 4 rings (SSSR count). The molecule has 1 amide bonds. The first kappa shape index (κ1) is 19.2. The maximum absolute atomic E-state index is 13.3. The Morgan fingerprint density at radius 2 is 1.72 bits per heavy atom. The second kappa shape index (κ2) is 7.70. The lowest BCUT2D eigenvalue weighted by atomic mass is 9.73. The van der Waals surface area contributed by atoms with Crippen LogP contribution in [0.3, 0.4) is 0 Å². The molecule has 1 aliphatic heterocycles. The van der Waals surface area contributed by atoms with Crippen LogP contribution < -0.4 is 14.8 Å². The minimum Gasteiger partial charge on any atom is -0.493 e. The van der Waals surface area contributed by atoms with Crippen molar-refractivity contribution in [2.75, 3.05) is 14.2 Å². The van der Waals surface area contributed by atoms with E-state index in [9.17, 15) is 14.0 Å². The highest BCUT2D eigenvalue weighted by Gasteiger charge is 2.39. The van der Waals surface area contributed by atoms with Crippen LogP contribution in [0.4, 0.5) is 4.39 Å². The normalized spacial score (nSPS) is 21.5. The molecule has 2 aliphatic rings. The topological polar surface area (TPSA) is 64.6 Å². The molecule has 0 aromatic heterocycles. The fourth-order valence-electron chi connectivity index (χ4n) is 4.38. The molecule has 0 bridgehead atoms. The third kappa shape index (κ3) is 3.50. The number of amides is 1. The Bertz CT molecular complexity index is 996. The van der Waals surface area contributed by atoms with Crippen LogP contribution in [-0.2, 0) is 9.59 Å². The van der Waals surface area contributed by atoms with Gasteiger partial charge in [-0.05, 0) is 36.1 Å². The number of hydrogen-bond acceptors (Lipinski definition) is 4. The minimum atomic E-state index is -0.384. The molecule has 6 heteroatoms. The summed E-state index contributed by atoms with van der Waals surface area (Å²) in [6.07, 6.45) is 1.03. The van der Waals surface area contributed by atoms with E-state index in [4.69, 9.17) is 9.47 Å². The standard InChI is InChI=1S/C23H22FNO4/c1-28-20-5-3-4-16(23(20)29-2)17-12-21(27)25-18-10-14(11-19(26)22(17)18)13-6-8-15(24)9-7-13/h3-9,14,17H,10-12H2,1-2H3,(H,25,27). The summed E-state index contributed by atoms with van der Waals surface area (Å²) in [4.78, 5) is 25.6. The monoisotopic (exact) mass is 395 g/mol. The molecule has 29 heavy (non-hydrogen) atoms. The molecule has 2 unspecified atom stereocenters. The molecular weight excluding hydrogens is 373 g/mol. The average Bonchev–Trinajstić information content (AvgIpc) is 2.72. The van der Waals surface area contributed by atoms with Crippen LogP contribution >= 0.6 is 0 Å². The van der Waals surface area contributed by atoms with Gasteiger partial charge in [0.25, 0.3) is 0 Å². The van der Waals surface area contributed by atoms with Crippen LogP contribution in [0.25, 0.3) is 0 Å². The summed E-state index contributed by atoms with van der Waals surface area (Å²) in [6.45, 7) is 0. The molecule has 0 saturated heterocycles. The molecule has 0 saturated carbocycles. The SMILES string of the molecule is COc1cccc(C2CC(=O)NC3=C2C(=O)CC(c2ccc(F)cc2)C3)c1OC. The molecule has 1 heterocycles. The van der Waals surface area contributed by atoms with Gasteiger partial charge in [-0.2, -0.15) is 0 Å². The Kier molecular flexibility index (Phi) is 5.09. The molecule has 2 aromatic carbocycles. The minimum absolute atomic E-state index is 0.00421. The van der Waals surface area contributed by atoms with Crippen molar-refractivity contribution in [1.82, 2.24) is 5.32 Å². The molecule has 2 aromatic rings. The number of halogens is 1. The number of rotatable bonds is 4. The first-order valence-electron chi connectivity index (χ1n) is 9.54. The number of ketones is 1. The molecule has 150 valence electrons. The zero-order valence-corrected chi connectivity index (χ0v) is 16.3. The molecule has 0 spiro atoms. The van der Waals surface area contributed by atoms with E-state index >= 15 is 0 Å². The van der Waals surface area contributed by atoms with Gasteiger partial charge in [-0.1, -0.05) is 24.3 Å². The van der Waals surface area contributed by atoms with E-state index in [-0.39, 0.29) is 35.8 Å². The molecular formula is C23H22FNO4. The maximum Gasteiger partial charge on any atom is 0.225 e. The van der Waals surface area contributed by atoms with Gasteiger partial charge in [0.1, 0.15) is 5.82 Å². The summed E-state index contributed by atoms with van der Waals surface area (Å²) in [5, 5.41) is 2.90. The average molecular weight is 395 g/mol. The predicted molar refractivity (Wildman–Crippen MR) is 105 cm³/mol. The van der Waals surface area contributed by atoms with Gasteiger partial charge in [0.2, 0.25) is 5.91 Å². The Morgan fingerprint density at radius 1 is 0.966 bits per heavy atom. The van der Waals surface area contributed by atoms with Gasteiger partial charge in [-0.25, -0.2) is 4.39 Å². The molecule has 1 aliphatic carbocycles. The predicted octanol–water partition coefficient (Wildman–Crippen LogP) is 3.85. The van der Waals surface area contributed by atoms with E-state index in [1.165, 1.54) is 12.1 Å². The zero-order valence-electron chi connectivity index (χ0n) is 16.3. The summed E-state index contributed by atoms with van der Waals surface area (Å²) in [5.74, 6) is 0.174. The van der Waals surface area contributed by atoms with E-state index in [1.807, 2.05) is 12.1 Å². The van der Waals surface area contributed by atoms with Gasteiger partial charge in [0, 0.05) is 35.6 Å². The number of benzene rings is 2. The lowest BCUT2D eigenvalue weighted by molar-refractivity contribution is -0.122. The number of nitrogens with one attached hydrogen (secondary N) is 1. The Morgan fingerprint density at radius 3 is 2.41 bits per heavy atom. The summed E-state index contributed by atoms with van der Waals surface area (Å²) in [7, 11) is 3.10. The van der Waals surface area contributed by atoms with E-state index in [0.29, 0.717) is 35.6 Å². The summed E-state index contributed by atoms with van der Waals surface area (Å²) in [6, 6.07) is 11.7. The van der Waals surface area contributed by atoms with Crippen molar-refractivity contribution >= 4 is 11.7 Å². The van der Waals surface area contributed by atoms with Gasteiger partial charge < -0.3 is 14.8 Å². The van der Waals surface area contributed by atoms with E-state index in [0.717, 1.165) is 11.1 Å². The van der Waals surface area contributed by atoms with Crippen molar-refractivity contribution in [3.8, 4) is 11.5 Å². The highest BCUT2D eigenvalue weighted by atomic mass is 19.1. The van der Waals surface area contributed by atoms with Crippen molar-refractivity contribution in [1.29, 1.82) is 0 Å². The number of hydrogen-bond donors (Lipinski definition) is 1.